The molecule has 2 aromatic carbocycles. The Bertz CT molecular complexity index is 1390. The van der Waals surface area contributed by atoms with Crippen molar-refractivity contribution >= 4 is 29.6 Å². The van der Waals surface area contributed by atoms with Gasteiger partial charge in [0, 0.05) is 19.5 Å². The van der Waals surface area contributed by atoms with Crippen LogP contribution in [-0.2, 0) is 41.5 Å². The number of rotatable bonds is 15. The summed E-state index contributed by atoms with van der Waals surface area (Å²) in [5.74, 6) is -0.940. The van der Waals surface area contributed by atoms with Gasteiger partial charge < -0.3 is 40.6 Å². The number of primary amides is 1. The summed E-state index contributed by atoms with van der Waals surface area (Å²) in [5.41, 5.74) is 5.44. The smallest absolute Gasteiger partial charge is 0.409 e. The number of ether oxygens (including phenoxy) is 4. The van der Waals surface area contributed by atoms with Crippen LogP contribution in [0.4, 0.5) is 4.79 Å². The number of benzene rings is 2. The van der Waals surface area contributed by atoms with Gasteiger partial charge in [-0.25, -0.2) is 4.79 Å². The minimum Gasteiger partial charge on any atom is -0.497 e. The molecule has 5 N–H and O–H groups in total. The van der Waals surface area contributed by atoms with Crippen LogP contribution in [0.2, 0.25) is 0 Å². The number of hydrogen-bond donors (Lipinski definition) is 4. The summed E-state index contributed by atoms with van der Waals surface area (Å²) < 4.78 is 20.8. The maximum Gasteiger partial charge on any atom is 0.409 e. The Labute approximate surface area is 267 Å². The molecule has 14 heteroatoms. The lowest BCUT2D eigenvalue weighted by atomic mass is 9.94. The summed E-state index contributed by atoms with van der Waals surface area (Å²) in [6.07, 6.45) is -0.746. The largest absolute Gasteiger partial charge is 0.497 e. The van der Waals surface area contributed by atoms with Gasteiger partial charge in [0.2, 0.25) is 17.7 Å². The fraction of sp³-hybridized carbons (Fsp3) is 0.469. The molecule has 14 nitrogen and oxygen atoms in total. The predicted octanol–water partition coefficient (Wildman–Crippen LogP) is 0.102. The lowest BCUT2D eigenvalue weighted by molar-refractivity contribution is -0.134. The van der Waals surface area contributed by atoms with Crippen molar-refractivity contribution in [2.75, 3.05) is 46.6 Å². The van der Waals surface area contributed by atoms with E-state index in [2.05, 4.69) is 16.0 Å². The molecular formula is C32H41N5O9. The molecule has 248 valence electrons. The molecule has 0 aromatic heterocycles. The topological polar surface area (TPSA) is 191 Å². The van der Waals surface area contributed by atoms with E-state index >= 15 is 0 Å². The SMILES string of the molecule is COc1ccc(C[C@H](NC(=O)[C@H](C)NC(=O)CN2CCOCC2)C(=O)N[C@@H](Cc2ccc(OC(N)=O)cc2)C(=O)[C@@]2(C)CO2)cc1. The Morgan fingerprint density at radius 3 is 1.96 bits per heavy atom. The second kappa shape index (κ2) is 15.7. The van der Waals surface area contributed by atoms with Gasteiger partial charge in [-0.1, -0.05) is 24.3 Å². The summed E-state index contributed by atoms with van der Waals surface area (Å²) in [6.45, 7) is 5.84. The molecule has 0 saturated carbocycles. The van der Waals surface area contributed by atoms with Gasteiger partial charge in [-0.05, 0) is 55.7 Å². The molecule has 0 radical (unpaired) electrons. The lowest BCUT2D eigenvalue weighted by Gasteiger charge is -2.27. The number of amides is 4. The van der Waals surface area contributed by atoms with E-state index in [-0.39, 0.29) is 43.4 Å². The zero-order valence-electron chi connectivity index (χ0n) is 26.2. The summed E-state index contributed by atoms with van der Waals surface area (Å²) in [7, 11) is 1.54. The van der Waals surface area contributed by atoms with E-state index in [0.29, 0.717) is 37.6 Å². The van der Waals surface area contributed by atoms with Crippen molar-refractivity contribution < 1.29 is 42.9 Å². The molecule has 0 aliphatic carbocycles. The van der Waals surface area contributed by atoms with Crippen LogP contribution in [0.1, 0.15) is 25.0 Å². The van der Waals surface area contributed by atoms with Crippen LogP contribution in [0.3, 0.4) is 0 Å². The Kier molecular flexibility index (Phi) is 11.7. The highest BCUT2D eigenvalue weighted by Gasteiger charge is 2.50. The van der Waals surface area contributed by atoms with Crippen LogP contribution in [0, 0.1) is 0 Å². The molecule has 2 aromatic rings. The first-order valence-corrected chi connectivity index (χ1v) is 15.0. The molecule has 0 bridgehead atoms. The Balaban J connectivity index is 1.48. The highest BCUT2D eigenvalue weighted by Crippen LogP contribution is 2.29. The van der Waals surface area contributed by atoms with Gasteiger partial charge in [0.25, 0.3) is 0 Å². The number of carbonyl (C=O) groups is 5. The molecule has 2 saturated heterocycles. The molecule has 0 spiro atoms. The zero-order chi connectivity index (χ0) is 33.3. The second-order valence-corrected chi connectivity index (χ2v) is 11.5. The number of nitrogens with zero attached hydrogens (tertiary/aromatic N) is 1. The predicted molar refractivity (Wildman–Crippen MR) is 165 cm³/mol. The molecule has 2 fully saturated rings. The minimum absolute atomic E-state index is 0.101. The van der Waals surface area contributed by atoms with Crippen LogP contribution < -0.4 is 31.2 Å². The number of nitrogens with one attached hydrogen (secondary N) is 3. The number of nitrogens with two attached hydrogens (primary N) is 1. The van der Waals surface area contributed by atoms with Crippen LogP contribution >= 0.6 is 0 Å². The summed E-state index contributed by atoms with van der Waals surface area (Å²) in [6, 6.07) is 10.4. The van der Waals surface area contributed by atoms with E-state index < -0.39 is 41.6 Å². The number of hydrogen-bond acceptors (Lipinski definition) is 10. The highest BCUT2D eigenvalue weighted by atomic mass is 16.6. The molecule has 4 amide bonds. The molecular weight excluding hydrogens is 598 g/mol. The fourth-order valence-electron chi connectivity index (χ4n) is 4.96. The first-order valence-electron chi connectivity index (χ1n) is 15.0. The van der Waals surface area contributed by atoms with Gasteiger partial charge >= 0.3 is 6.09 Å². The molecule has 2 aliphatic rings. The van der Waals surface area contributed by atoms with Gasteiger partial charge in [-0.15, -0.1) is 0 Å². The molecule has 0 unspecified atom stereocenters. The standard InChI is InChI=1S/C32H41N5O9/c1-20(34-27(38)18-37-12-14-44-15-13-37)29(40)36-26(17-22-4-8-23(43-3)9-5-22)30(41)35-25(28(39)32(2)19-45-32)16-21-6-10-24(11-7-21)46-31(33)42/h4-11,20,25-26H,12-19H2,1-3H3,(H2,33,42)(H,34,38)(H,35,41)(H,36,40)/t20-,25-,26-,32+/m0/s1. The Hall–Kier alpha value is -4.53. The third-order valence-corrected chi connectivity index (χ3v) is 7.79. The number of ketones is 1. The van der Waals surface area contributed by atoms with Crippen LogP contribution in [0.25, 0.3) is 0 Å². The van der Waals surface area contributed by atoms with Crippen molar-refractivity contribution in [3.8, 4) is 11.5 Å². The molecule has 2 heterocycles. The molecule has 2 aliphatic heterocycles. The third kappa shape index (κ3) is 9.99. The Morgan fingerprint density at radius 1 is 0.870 bits per heavy atom. The number of carbonyl (C=O) groups excluding carboxylic acids is 5. The second-order valence-electron chi connectivity index (χ2n) is 11.5. The maximum absolute atomic E-state index is 13.8. The molecule has 46 heavy (non-hydrogen) atoms. The molecule has 4 rings (SSSR count). The zero-order valence-corrected chi connectivity index (χ0v) is 26.2. The number of epoxide rings is 1. The van der Waals surface area contributed by atoms with E-state index in [1.165, 1.54) is 19.1 Å². The number of methoxy groups -OCH3 is 1. The van der Waals surface area contributed by atoms with E-state index in [4.69, 9.17) is 24.7 Å². The van der Waals surface area contributed by atoms with Crippen molar-refractivity contribution in [1.82, 2.24) is 20.9 Å². The lowest BCUT2D eigenvalue weighted by Crippen LogP contribution is -2.57. The van der Waals surface area contributed by atoms with E-state index in [9.17, 15) is 24.0 Å². The van der Waals surface area contributed by atoms with Gasteiger partial charge in [-0.2, -0.15) is 0 Å². The van der Waals surface area contributed by atoms with Crippen LogP contribution in [0.15, 0.2) is 48.5 Å². The minimum atomic E-state index is -1.09. The van der Waals surface area contributed by atoms with Crippen LogP contribution in [-0.4, -0.2) is 105 Å². The molecule has 4 atom stereocenters. The van der Waals surface area contributed by atoms with Crippen molar-refractivity contribution in [2.45, 2.75) is 50.4 Å². The Morgan fingerprint density at radius 2 is 1.41 bits per heavy atom. The van der Waals surface area contributed by atoms with E-state index in [1.54, 1.807) is 50.4 Å². The van der Waals surface area contributed by atoms with Crippen molar-refractivity contribution in [3.63, 3.8) is 0 Å². The number of morpholine rings is 1. The average Bonchev–Trinajstić information content (AvgIpc) is 3.79. The van der Waals surface area contributed by atoms with Gasteiger partial charge in [0.15, 0.2) is 5.78 Å². The van der Waals surface area contributed by atoms with Crippen LogP contribution in [0.5, 0.6) is 11.5 Å². The number of Topliss-reactive ketones (excluding diaryl/α,β-unsaturated/α-hetero) is 1. The third-order valence-electron chi connectivity index (χ3n) is 7.79. The van der Waals surface area contributed by atoms with Gasteiger partial charge in [0.1, 0.15) is 29.2 Å². The summed E-state index contributed by atoms with van der Waals surface area (Å²) in [4.78, 5) is 66.2. The van der Waals surface area contributed by atoms with E-state index in [1.807, 2.05) is 4.90 Å². The van der Waals surface area contributed by atoms with Crippen molar-refractivity contribution in [3.05, 3.63) is 59.7 Å². The van der Waals surface area contributed by atoms with Gasteiger partial charge in [-0.3, -0.25) is 24.1 Å². The first kappa shape index (κ1) is 34.3. The van der Waals surface area contributed by atoms with Crippen molar-refractivity contribution in [2.24, 2.45) is 5.73 Å². The van der Waals surface area contributed by atoms with E-state index in [0.717, 1.165) is 5.56 Å². The quantitative estimate of drug-likeness (QED) is 0.195. The first-order chi connectivity index (χ1) is 22.0. The highest BCUT2D eigenvalue weighted by molar-refractivity contribution is 5.98. The fourth-order valence-corrected chi connectivity index (χ4v) is 4.96. The van der Waals surface area contributed by atoms with Crippen molar-refractivity contribution in [1.29, 1.82) is 0 Å². The summed E-state index contributed by atoms with van der Waals surface area (Å²) >= 11 is 0. The summed E-state index contributed by atoms with van der Waals surface area (Å²) in [5, 5.41) is 8.27. The average molecular weight is 640 g/mol. The maximum atomic E-state index is 13.8. The monoisotopic (exact) mass is 639 g/mol. The van der Waals surface area contributed by atoms with Gasteiger partial charge in [0.05, 0.1) is 39.5 Å². The normalized spacial score (nSPS) is 19.5.